The summed E-state index contributed by atoms with van der Waals surface area (Å²) in [6.07, 6.45) is 1.56. The molecule has 0 atom stereocenters. The first-order valence-corrected chi connectivity index (χ1v) is 10.5. The zero-order valence-corrected chi connectivity index (χ0v) is 16.4. The van der Waals surface area contributed by atoms with Gasteiger partial charge >= 0.3 is 0 Å². The van der Waals surface area contributed by atoms with Crippen molar-refractivity contribution in [3.05, 3.63) is 47.1 Å². The zero-order valence-electron chi connectivity index (χ0n) is 14.0. The number of amides is 1. The molecule has 0 unspecified atom stereocenters. The van der Waals surface area contributed by atoms with Crippen LogP contribution >= 0.6 is 34.7 Å². The maximum Gasteiger partial charge on any atom is 0.233 e. The van der Waals surface area contributed by atoms with Gasteiger partial charge in [-0.05, 0) is 23.6 Å². The molecule has 134 valence electrons. The number of carbonyl (C=O) groups excluding carboxylic acids is 1. The van der Waals surface area contributed by atoms with E-state index in [9.17, 15) is 4.79 Å². The molecular formula is C18H17ClN4OS2. The lowest BCUT2D eigenvalue weighted by Crippen LogP contribution is -2.49. The number of carbonyl (C=O) groups is 1. The molecule has 1 saturated heterocycles. The van der Waals surface area contributed by atoms with Crippen LogP contribution in [0.5, 0.6) is 0 Å². The Balaban J connectivity index is 1.34. The summed E-state index contributed by atoms with van der Waals surface area (Å²) < 4.78 is 0. The average molecular weight is 405 g/mol. The van der Waals surface area contributed by atoms with E-state index < -0.39 is 0 Å². The van der Waals surface area contributed by atoms with E-state index in [4.69, 9.17) is 11.6 Å². The molecule has 0 radical (unpaired) electrons. The minimum Gasteiger partial charge on any atom is -0.367 e. The number of anilines is 1. The standard InChI is InChI=1S/C18H17ClN4OS2/c19-14-3-1-2-4-15(14)22-6-8-23(9-7-22)16(24)11-26-18-13-5-10-25-17(13)20-12-21-18/h1-5,10,12H,6-9,11H2. The highest BCUT2D eigenvalue weighted by atomic mass is 35.5. The third-order valence-corrected chi connectivity index (χ3v) is 6.51. The van der Waals surface area contributed by atoms with E-state index in [-0.39, 0.29) is 5.91 Å². The summed E-state index contributed by atoms with van der Waals surface area (Å²) in [6.45, 7) is 3.01. The molecule has 0 bridgehead atoms. The summed E-state index contributed by atoms with van der Waals surface area (Å²) in [7, 11) is 0. The lowest BCUT2D eigenvalue weighted by Gasteiger charge is -2.36. The molecule has 0 saturated carbocycles. The van der Waals surface area contributed by atoms with Crippen LogP contribution in [0.4, 0.5) is 5.69 Å². The van der Waals surface area contributed by atoms with Gasteiger partial charge in [-0.2, -0.15) is 0 Å². The smallest absolute Gasteiger partial charge is 0.233 e. The quantitative estimate of drug-likeness (QED) is 0.489. The molecule has 1 aliphatic rings. The van der Waals surface area contributed by atoms with E-state index >= 15 is 0 Å². The van der Waals surface area contributed by atoms with E-state index in [1.54, 1.807) is 17.7 Å². The largest absolute Gasteiger partial charge is 0.367 e. The van der Waals surface area contributed by atoms with Gasteiger partial charge in [-0.25, -0.2) is 9.97 Å². The first-order valence-electron chi connectivity index (χ1n) is 8.30. The number of para-hydroxylation sites is 1. The van der Waals surface area contributed by atoms with Crippen LogP contribution in [-0.2, 0) is 4.79 Å². The molecule has 0 N–H and O–H groups in total. The first kappa shape index (κ1) is 17.6. The van der Waals surface area contributed by atoms with Crippen LogP contribution < -0.4 is 4.90 Å². The molecule has 0 aliphatic carbocycles. The van der Waals surface area contributed by atoms with Gasteiger partial charge in [0, 0.05) is 31.6 Å². The predicted molar refractivity (Wildman–Crippen MR) is 108 cm³/mol. The van der Waals surface area contributed by atoms with Crippen LogP contribution in [0.15, 0.2) is 47.1 Å². The van der Waals surface area contributed by atoms with Crippen LogP contribution in [-0.4, -0.2) is 52.7 Å². The van der Waals surface area contributed by atoms with Crippen molar-refractivity contribution in [2.24, 2.45) is 0 Å². The minimum absolute atomic E-state index is 0.149. The summed E-state index contributed by atoms with van der Waals surface area (Å²) in [5, 5.41) is 4.66. The molecule has 4 rings (SSSR count). The summed E-state index contributed by atoms with van der Waals surface area (Å²) in [5.74, 6) is 0.546. The highest BCUT2D eigenvalue weighted by Gasteiger charge is 2.22. The second-order valence-electron chi connectivity index (χ2n) is 5.93. The number of benzene rings is 1. The van der Waals surface area contributed by atoms with E-state index in [1.165, 1.54) is 11.8 Å². The Hall–Kier alpha value is -1.83. The fraction of sp³-hybridized carbons (Fsp3) is 0.278. The maximum absolute atomic E-state index is 12.6. The summed E-state index contributed by atoms with van der Waals surface area (Å²) in [6, 6.07) is 9.85. The van der Waals surface area contributed by atoms with Gasteiger partial charge < -0.3 is 9.80 Å². The van der Waals surface area contributed by atoms with Gasteiger partial charge in [0.1, 0.15) is 16.2 Å². The number of fused-ring (bicyclic) bond motifs is 1. The Morgan fingerprint density at radius 2 is 1.96 bits per heavy atom. The molecular weight excluding hydrogens is 388 g/mol. The van der Waals surface area contributed by atoms with Crippen molar-refractivity contribution < 1.29 is 4.79 Å². The predicted octanol–water partition coefficient (Wildman–Crippen LogP) is 3.79. The molecule has 1 amide bonds. The highest BCUT2D eigenvalue weighted by Crippen LogP contribution is 2.28. The number of hydrogen-bond acceptors (Lipinski definition) is 6. The van der Waals surface area contributed by atoms with Crippen molar-refractivity contribution in [2.45, 2.75) is 5.03 Å². The second-order valence-corrected chi connectivity index (χ2v) is 8.19. The van der Waals surface area contributed by atoms with E-state index in [0.717, 1.165) is 39.0 Å². The number of halogens is 1. The van der Waals surface area contributed by atoms with Crippen molar-refractivity contribution >= 4 is 56.5 Å². The van der Waals surface area contributed by atoms with Gasteiger partial charge in [0.25, 0.3) is 0 Å². The van der Waals surface area contributed by atoms with Gasteiger partial charge in [-0.3, -0.25) is 4.79 Å². The minimum atomic E-state index is 0.149. The number of thioether (sulfide) groups is 1. The Bertz CT molecular complexity index is 924. The fourth-order valence-corrected chi connectivity index (χ4v) is 4.95. The van der Waals surface area contributed by atoms with Crippen molar-refractivity contribution in [2.75, 3.05) is 36.8 Å². The summed E-state index contributed by atoms with van der Waals surface area (Å²) in [5.41, 5.74) is 1.04. The molecule has 1 fully saturated rings. The molecule has 3 aromatic rings. The van der Waals surface area contributed by atoms with E-state index in [0.29, 0.717) is 18.8 Å². The monoisotopic (exact) mass is 404 g/mol. The van der Waals surface area contributed by atoms with Crippen molar-refractivity contribution in [3.63, 3.8) is 0 Å². The Morgan fingerprint density at radius 3 is 2.77 bits per heavy atom. The Morgan fingerprint density at radius 1 is 1.15 bits per heavy atom. The first-order chi connectivity index (χ1) is 12.7. The number of thiophene rings is 1. The summed E-state index contributed by atoms with van der Waals surface area (Å²) in [4.78, 5) is 26.3. The number of nitrogens with zero attached hydrogens (tertiary/aromatic N) is 4. The molecule has 8 heteroatoms. The maximum atomic E-state index is 12.6. The topological polar surface area (TPSA) is 49.3 Å². The number of hydrogen-bond donors (Lipinski definition) is 0. The number of piperazine rings is 1. The molecule has 2 aromatic heterocycles. The zero-order chi connectivity index (χ0) is 17.9. The normalized spacial score (nSPS) is 14.8. The summed E-state index contributed by atoms with van der Waals surface area (Å²) >= 11 is 9.35. The van der Waals surface area contributed by atoms with E-state index in [1.807, 2.05) is 40.6 Å². The van der Waals surface area contributed by atoms with Crippen LogP contribution in [0.3, 0.4) is 0 Å². The van der Waals surface area contributed by atoms with Crippen LogP contribution in [0.25, 0.3) is 10.2 Å². The van der Waals surface area contributed by atoms with Gasteiger partial charge in [-0.1, -0.05) is 35.5 Å². The van der Waals surface area contributed by atoms with Crippen LogP contribution in [0.2, 0.25) is 5.02 Å². The third kappa shape index (κ3) is 3.65. The molecule has 1 aromatic carbocycles. The molecule has 1 aliphatic heterocycles. The lowest BCUT2D eigenvalue weighted by atomic mass is 10.2. The van der Waals surface area contributed by atoms with Crippen molar-refractivity contribution in [3.8, 4) is 0 Å². The average Bonchev–Trinajstić information content (AvgIpc) is 3.16. The van der Waals surface area contributed by atoms with Gasteiger partial charge in [0.05, 0.1) is 16.5 Å². The van der Waals surface area contributed by atoms with Crippen LogP contribution in [0, 0.1) is 0 Å². The van der Waals surface area contributed by atoms with Gasteiger partial charge in [-0.15, -0.1) is 11.3 Å². The highest BCUT2D eigenvalue weighted by molar-refractivity contribution is 8.00. The van der Waals surface area contributed by atoms with Gasteiger partial charge in [0.15, 0.2) is 0 Å². The second kappa shape index (κ2) is 7.82. The molecule has 5 nitrogen and oxygen atoms in total. The van der Waals surface area contributed by atoms with Crippen molar-refractivity contribution in [1.82, 2.24) is 14.9 Å². The van der Waals surface area contributed by atoms with Crippen LogP contribution in [0.1, 0.15) is 0 Å². The van der Waals surface area contributed by atoms with E-state index in [2.05, 4.69) is 14.9 Å². The third-order valence-electron chi connectivity index (χ3n) is 4.38. The fourth-order valence-electron chi connectivity index (χ4n) is 3.01. The Labute approximate surface area is 165 Å². The molecule has 3 heterocycles. The van der Waals surface area contributed by atoms with Gasteiger partial charge in [0.2, 0.25) is 5.91 Å². The Kier molecular flexibility index (Phi) is 5.28. The number of rotatable bonds is 4. The number of aromatic nitrogens is 2. The molecule has 26 heavy (non-hydrogen) atoms. The SMILES string of the molecule is O=C(CSc1ncnc2sccc12)N1CCN(c2ccccc2Cl)CC1. The molecule has 0 spiro atoms. The van der Waals surface area contributed by atoms with Crippen molar-refractivity contribution in [1.29, 1.82) is 0 Å². The lowest BCUT2D eigenvalue weighted by molar-refractivity contribution is -0.128.